The minimum atomic E-state index is 0.799. The second kappa shape index (κ2) is 6.70. The summed E-state index contributed by atoms with van der Waals surface area (Å²) in [5.74, 6) is 1.70. The molecule has 0 N–H and O–H groups in total. The van der Waals surface area contributed by atoms with Crippen LogP contribution in [-0.2, 0) is 6.54 Å². The van der Waals surface area contributed by atoms with Gasteiger partial charge in [0.2, 0.25) is 0 Å². The van der Waals surface area contributed by atoms with E-state index in [1.807, 2.05) is 31.5 Å². The van der Waals surface area contributed by atoms with Crippen LogP contribution in [0.25, 0.3) is 0 Å². The highest BCUT2D eigenvalue weighted by Gasteiger charge is 2.18. The predicted octanol–water partition coefficient (Wildman–Crippen LogP) is 1.51. The van der Waals surface area contributed by atoms with Gasteiger partial charge in [0, 0.05) is 44.1 Å². The topological polar surface area (TPSA) is 54.4 Å². The van der Waals surface area contributed by atoms with Crippen LogP contribution in [0.15, 0.2) is 30.7 Å². The van der Waals surface area contributed by atoms with Gasteiger partial charge in [-0.1, -0.05) is 0 Å². The van der Waals surface area contributed by atoms with Crippen molar-refractivity contribution in [3.05, 3.63) is 42.2 Å². The monoisotopic (exact) mass is 299 g/mol. The third-order valence-electron chi connectivity index (χ3n) is 3.88. The summed E-state index contributed by atoms with van der Waals surface area (Å²) in [6.45, 7) is 6.75. The predicted molar refractivity (Wildman–Crippen MR) is 85.0 cm³/mol. The standard InChI is InChI=1S/C16H21N5O/c1-13-3-4-18-16(19-13)12-20-5-7-21(8-6-20)14-9-15(22-2)11-17-10-14/h3-4,9-11H,5-8,12H2,1-2H3. The number of pyridine rings is 1. The normalized spacial score (nSPS) is 15.8. The van der Waals surface area contributed by atoms with E-state index in [0.29, 0.717) is 0 Å². The molecule has 1 fully saturated rings. The fourth-order valence-corrected chi connectivity index (χ4v) is 2.63. The zero-order valence-electron chi connectivity index (χ0n) is 13.1. The van der Waals surface area contributed by atoms with Crippen LogP contribution in [0.2, 0.25) is 0 Å². The molecule has 116 valence electrons. The highest BCUT2D eigenvalue weighted by molar-refractivity contribution is 5.48. The van der Waals surface area contributed by atoms with Crippen LogP contribution in [0.4, 0.5) is 5.69 Å². The minimum absolute atomic E-state index is 0.799. The summed E-state index contributed by atoms with van der Waals surface area (Å²) >= 11 is 0. The van der Waals surface area contributed by atoms with Crippen molar-refractivity contribution in [1.82, 2.24) is 19.9 Å². The van der Waals surface area contributed by atoms with Crippen LogP contribution in [0, 0.1) is 6.92 Å². The van der Waals surface area contributed by atoms with Crippen molar-refractivity contribution in [2.45, 2.75) is 13.5 Å². The molecule has 0 atom stereocenters. The van der Waals surface area contributed by atoms with Crippen LogP contribution in [-0.4, -0.2) is 53.1 Å². The molecular formula is C16H21N5O. The number of nitrogens with zero attached hydrogens (tertiary/aromatic N) is 5. The van der Waals surface area contributed by atoms with E-state index < -0.39 is 0 Å². The molecule has 0 aliphatic carbocycles. The number of methoxy groups -OCH3 is 1. The summed E-state index contributed by atoms with van der Waals surface area (Å²) in [5.41, 5.74) is 2.14. The Morgan fingerprint density at radius 2 is 2.00 bits per heavy atom. The lowest BCUT2D eigenvalue weighted by Gasteiger charge is -2.35. The number of anilines is 1. The molecule has 2 aromatic heterocycles. The molecule has 1 saturated heterocycles. The molecule has 1 aliphatic heterocycles. The van der Waals surface area contributed by atoms with Crippen LogP contribution >= 0.6 is 0 Å². The summed E-state index contributed by atoms with van der Waals surface area (Å²) in [7, 11) is 1.67. The van der Waals surface area contributed by atoms with Gasteiger partial charge >= 0.3 is 0 Å². The van der Waals surface area contributed by atoms with Crippen molar-refractivity contribution in [3.63, 3.8) is 0 Å². The summed E-state index contributed by atoms with van der Waals surface area (Å²) in [4.78, 5) is 17.8. The first-order valence-corrected chi connectivity index (χ1v) is 7.49. The van der Waals surface area contributed by atoms with E-state index in [0.717, 1.165) is 55.7 Å². The highest BCUT2D eigenvalue weighted by atomic mass is 16.5. The second-order valence-corrected chi connectivity index (χ2v) is 5.46. The lowest BCUT2D eigenvalue weighted by molar-refractivity contribution is 0.243. The van der Waals surface area contributed by atoms with Crippen molar-refractivity contribution >= 4 is 5.69 Å². The summed E-state index contributed by atoms with van der Waals surface area (Å²) in [6, 6.07) is 3.96. The molecule has 1 aliphatic rings. The first-order chi connectivity index (χ1) is 10.7. The van der Waals surface area contributed by atoms with Gasteiger partial charge in [0.1, 0.15) is 11.6 Å². The summed E-state index contributed by atoms with van der Waals surface area (Å²) < 4.78 is 5.24. The van der Waals surface area contributed by atoms with E-state index in [2.05, 4.69) is 24.8 Å². The van der Waals surface area contributed by atoms with Crippen molar-refractivity contribution in [1.29, 1.82) is 0 Å². The largest absolute Gasteiger partial charge is 0.495 e. The summed E-state index contributed by atoms with van der Waals surface area (Å²) in [6.07, 6.45) is 5.45. The van der Waals surface area contributed by atoms with E-state index >= 15 is 0 Å². The van der Waals surface area contributed by atoms with Crippen molar-refractivity contribution in [3.8, 4) is 5.75 Å². The molecule has 3 heterocycles. The van der Waals surface area contributed by atoms with Gasteiger partial charge in [-0.2, -0.15) is 0 Å². The van der Waals surface area contributed by atoms with E-state index in [4.69, 9.17) is 4.74 Å². The quantitative estimate of drug-likeness (QED) is 0.853. The van der Waals surface area contributed by atoms with Gasteiger partial charge in [0.15, 0.2) is 0 Å². The average Bonchev–Trinajstić information content (AvgIpc) is 2.56. The van der Waals surface area contributed by atoms with E-state index in [1.54, 1.807) is 13.3 Å². The minimum Gasteiger partial charge on any atom is -0.495 e. The van der Waals surface area contributed by atoms with Crippen LogP contribution in [0.1, 0.15) is 11.5 Å². The first kappa shape index (κ1) is 14.7. The Labute approximate surface area is 130 Å². The van der Waals surface area contributed by atoms with Gasteiger partial charge in [-0.05, 0) is 13.0 Å². The lowest BCUT2D eigenvalue weighted by atomic mass is 10.2. The highest BCUT2D eigenvalue weighted by Crippen LogP contribution is 2.20. The van der Waals surface area contributed by atoms with Gasteiger partial charge in [-0.15, -0.1) is 0 Å². The maximum atomic E-state index is 5.24. The van der Waals surface area contributed by atoms with Gasteiger partial charge in [-0.3, -0.25) is 9.88 Å². The fraction of sp³-hybridized carbons (Fsp3) is 0.438. The number of piperazine rings is 1. The van der Waals surface area contributed by atoms with Crippen molar-refractivity contribution < 1.29 is 4.74 Å². The molecule has 2 aromatic rings. The Hall–Kier alpha value is -2.21. The summed E-state index contributed by atoms with van der Waals surface area (Å²) in [5, 5.41) is 0. The molecule has 3 rings (SSSR count). The second-order valence-electron chi connectivity index (χ2n) is 5.46. The first-order valence-electron chi connectivity index (χ1n) is 7.49. The zero-order chi connectivity index (χ0) is 15.4. The molecule has 0 saturated carbocycles. The molecule has 0 radical (unpaired) electrons. The number of aromatic nitrogens is 3. The van der Waals surface area contributed by atoms with Gasteiger partial charge in [-0.25, -0.2) is 9.97 Å². The molecule has 0 bridgehead atoms. The Kier molecular flexibility index (Phi) is 4.48. The SMILES string of the molecule is COc1cncc(N2CCN(Cc3nccc(C)n3)CC2)c1. The van der Waals surface area contributed by atoms with E-state index in [-0.39, 0.29) is 0 Å². The Bertz CT molecular complexity index is 625. The van der Waals surface area contributed by atoms with Crippen molar-refractivity contribution in [2.24, 2.45) is 0 Å². The number of hydrogen-bond acceptors (Lipinski definition) is 6. The molecule has 6 heteroatoms. The van der Waals surface area contributed by atoms with Crippen LogP contribution in [0.3, 0.4) is 0 Å². The fourth-order valence-electron chi connectivity index (χ4n) is 2.63. The maximum Gasteiger partial charge on any atom is 0.142 e. The molecule has 22 heavy (non-hydrogen) atoms. The third kappa shape index (κ3) is 3.51. The molecule has 0 unspecified atom stereocenters. The van der Waals surface area contributed by atoms with E-state index in [9.17, 15) is 0 Å². The molecule has 0 spiro atoms. The van der Waals surface area contributed by atoms with Crippen molar-refractivity contribution in [2.75, 3.05) is 38.2 Å². The van der Waals surface area contributed by atoms with E-state index in [1.165, 1.54) is 0 Å². The van der Waals surface area contributed by atoms with Gasteiger partial charge in [0.25, 0.3) is 0 Å². The van der Waals surface area contributed by atoms with Crippen LogP contribution < -0.4 is 9.64 Å². The maximum absolute atomic E-state index is 5.24. The molecule has 0 amide bonds. The average molecular weight is 299 g/mol. The Morgan fingerprint density at radius 1 is 1.18 bits per heavy atom. The Morgan fingerprint density at radius 3 is 2.73 bits per heavy atom. The number of aryl methyl sites for hydroxylation is 1. The number of ether oxygens (including phenoxy) is 1. The van der Waals surface area contributed by atoms with Gasteiger partial charge < -0.3 is 9.64 Å². The zero-order valence-corrected chi connectivity index (χ0v) is 13.1. The molecular weight excluding hydrogens is 278 g/mol. The molecule has 6 nitrogen and oxygen atoms in total. The lowest BCUT2D eigenvalue weighted by Crippen LogP contribution is -2.46. The molecule has 0 aromatic carbocycles. The van der Waals surface area contributed by atoms with Crippen LogP contribution in [0.5, 0.6) is 5.75 Å². The smallest absolute Gasteiger partial charge is 0.142 e. The number of rotatable bonds is 4. The van der Waals surface area contributed by atoms with Gasteiger partial charge in [0.05, 0.1) is 31.7 Å². The Balaban J connectivity index is 1.58. The number of hydrogen-bond donors (Lipinski definition) is 0. The third-order valence-corrected chi connectivity index (χ3v) is 3.88.